The smallest absolute Gasteiger partial charge is 0.224 e. The zero-order valence-corrected chi connectivity index (χ0v) is 12.6. The Hall–Kier alpha value is -2.49. The van der Waals surface area contributed by atoms with Crippen LogP contribution in [0.3, 0.4) is 0 Å². The van der Waals surface area contributed by atoms with Crippen LogP contribution in [0.5, 0.6) is 0 Å². The molecule has 2 aromatic carbocycles. The molecule has 0 aliphatic carbocycles. The van der Waals surface area contributed by atoms with Gasteiger partial charge in [-0.15, -0.1) is 4.99 Å². The minimum atomic E-state index is -0.342. The molecule has 0 saturated heterocycles. The minimum absolute atomic E-state index is 0.342. The first-order valence-electron chi connectivity index (χ1n) is 6.23. The molecular formula is C15H8ClFN4S. The van der Waals surface area contributed by atoms with Crippen molar-refractivity contribution in [2.75, 3.05) is 0 Å². The zero-order chi connectivity index (χ0) is 15.5. The number of aromatic nitrogens is 2. The van der Waals surface area contributed by atoms with E-state index in [0.29, 0.717) is 26.9 Å². The number of hydrogen-bond acceptors (Lipinski definition) is 4. The number of hydrogen-bond donors (Lipinski definition) is 0. The average molecular weight is 331 g/mol. The molecule has 108 valence electrons. The fourth-order valence-corrected chi connectivity index (χ4v) is 2.93. The maximum Gasteiger partial charge on any atom is 0.224 e. The van der Waals surface area contributed by atoms with Crippen LogP contribution in [0.15, 0.2) is 53.5 Å². The van der Waals surface area contributed by atoms with E-state index in [1.165, 1.54) is 12.1 Å². The molecule has 0 spiro atoms. The summed E-state index contributed by atoms with van der Waals surface area (Å²) in [5, 5.41) is 9.37. The summed E-state index contributed by atoms with van der Waals surface area (Å²) in [4.78, 5) is 4.16. The first kappa shape index (κ1) is 14.4. The third-order valence-electron chi connectivity index (χ3n) is 2.96. The molecule has 0 amide bonds. The maximum atomic E-state index is 13.1. The lowest BCUT2D eigenvalue weighted by molar-refractivity contribution is 0.627. The fourth-order valence-electron chi connectivity index (χ4n) is 2.00. The molecule has 0 unspecified atom stereocenters. The van der Waals surface area contributed by atoms with Gasteiger partial charge in [-0.1, -0.05) is 23.7 Å². The van der Waals surface area contributed by atoms with Gasteiger partial charge in [0.25, 0.3) is 0 Å². The van der Waals surface area contributed by atoms with Gasteiger partial charge in [0.05, 0.1) is 10.7 Å². The van der Waals surface area contributed by atoms with Crippen molar-refractivity contribution in [1.82, 2.24) is 8.94 Å². The van der Waals surface area contributed by atoms with E-state index in [-0.39, 0.29) is 5.82 Å². The molecule has 0 aliphatic rings. The normalized spacial score (nSPS) is 11.4. The first-order valence-corrected chi connectivity index (χ1v) is 7.38. The molecule has 0 N–H and O–H groups in total. The molecule has 0 radical (unpaired) electrons. The van der Waals surface area contributed by atoms with Gasteiger partial charge in [-0.25, -0.2) is 4.39 Å². The van der Waals surface area contributed by atoms with Crippen molar-refractivity contribution in [2.24, 2.45) is 4.99 Å². The summed E-state index contributed by atoms with van der Waals surface area (Å²) >= 11 is 7.30. The van der Waals surface area contributed by atoms with Crippen molar-refractivity contribution >= 4 is 23.1 Å². The quantitative estimate of drug-likeness (QED) is 0.671. The van der Waals surface area contributed by atoms with Gasteiger partial charge in [0.2, 0.25) is 11.0 Å². The molecule has 1 aromatic heterocycles. The third-order valence-corrected chi connectivity index (χ3v) is 3.99. The van der Waals surface area contributed by atoms with Gasteiger partial charge in [-0.3, -0.25) is 4.57 Å². The van der Waals surface area contributed by atoms with Crippen LogP contribution in [0.4, 0.5) is 4.39 Å². The third kappa shape index (κ3) is 2.64. The Balaban J connectivity index is 2.30. The van der Waals surface area contributed by atoms with E-state index < -0.39 is 0 Å². The van der Waals surface area contributed by atoms with E-state index in [0.717, 1.165) is 11.5 Å². The van der Waals surface area contributed by atoms with E-state index in [4.69, 9.17) is 16.9 Å². The second kappa shape index (κ2) is 6.10. The van der Waals surface area contributed by atoms with Gasteiger partial charge in [0.15, 0.2) is 5.82 Å². The molecule has 0 atom stereocenters. The molecule has 4 nitrogen and oxygen atoms in total. The molecule has 1 heterocycles. The summed E-state index contributed by atoms with van der Waals surface area (Å²) < 4.78 is 19.2. The van der Waals surface area contributed by atoms with Gasteiger partial charge < -0.3 is 0 Å². The van der Waals surface area contributed by atoms with Crippen molar-refractivity contribution < 1.29 is 4.39 Å². The summed E-state index contributed by atoms with van der Waals surface area (Å²) in [5.74, 6) is 0.210. The lowest BCUT2D eigenvalue weighted by atomic mass is 10.2. The number of halogens is 2. The summed E-state index contributed by atoms with van der Waals surface area (Å²) in [5.41, 5.74) is 1.36. The SMILES string of the molecule is N#CN=c1snc(-c2ccccc2Cl)n1-c1ccc(F)cc1. The molecule has 22 heavy (non-hydrogen) atoms. The molecule has 0 saturated carbocycles. The largest absolute Gasteiger partial charge is 0.267 e. The monoisotopic (exact) mass is 330 g/mol. The topological polar surface area (TPSA) is 54.0 Å². The first-order chi connectivity index (χ1) is 10.7. The van der Waals surface area contributed by atoms with Gasteiger partial charge in [-0.2, -0.15) is 9.64 Å². The molecule has 3 aromatic rings. The maximum absolute atomic E-state index is 13.1. The highest BCUT2D eigenvalue weighted by Crippen LogP contribution is 2.27. The van der Waals surface area contributed by atoms with Crippen LogP contribution >= 0.6 is 23.1 Å². The van der Waals surface area contributed by atoms with E-state index in [1.807, 2.05) is 18.2 Å². The average Bonchev–Trinajstić information content (AvgIpc) is 2.92. The fraction of sp³-hybridized carbons (Fsp3) is 0. The Labute approximate surface area is 134 Å². The highest BCUT2D eigenvalue weighted by molar-refractivity contribution is 7.03. The summed E-state index contributed by atoms with van der Waals surface area (Å²) in [6.07, 6.45) is 1.75. The Kier molecular flexibility index (Phi) is 4.00. The van der Waals surface area contributed by atoms with E-state index in [9.17, 15) is 4.39 Å². The predicted molar refractivity (Wildman–Crippen MR) is 83.0 cm³/mol. The van der Waals surface area contributed by atoms with Gasteiger partial charge in [0.1, 0.15) is 5.82 Å². The van der Waals surface area contributed by atoms with Crippen LogP contribution in [-0.4, -0.2) is 8.94 Å². The molecule has 0 aliphatic heterocycles. The predicted octanol–water partition coefficient (Wildman–Crippen LogP) is 3.78. The standard InChI is InChI=1S/C15H8ClFN4S/c16-13-4-2-1-3-12(13)14-20-22-15(19-9-18)21(14)11-7-5-10(17)6-8-11/h1-8H. The van der Waals surface area contributed by atoms with Gasteiger partial charge in [-0.05, 0) is 36.4 Å². The lowest BCUT2D eigenvalue weighted by Gasteiger charge is -2.08. The van der Waals surface area contributed by atoms with Crippen molar-refractivity contribution in [3.05, 3.63) is 64.2 Å². The molecule has 0 fully saturated rings. The summed E-state index contributed by atoms with van der Waals surface area (Å²) in [6.45, 7) is 0. The van der Waals surface area contributed by atoms with Crippen LogP contribution in [-0.2, 0) is 0 Å². The molecule has 3 rings (SSSR count). The van der Waals surface area contributed by atoms with Crippen LogP contribution in [0.2, 0.25) is 5.02 Å². The summed E-state index contributed by atoms with van der Waals surface area (Å²) in [7, 11) is 0. The summed E-state index contributed by atoms with van der Waals surface area (Å²) in [6, 6.07) is 13.1. The van der Waals surface area contributed by atoms with Crippen LogP contribution in [0.25, 0.3) is 17.1 Å². The Morgan fingerprint density at radius 1 is 1.18 bits per heavy atom. The lowest BCUT2D eigenvalue weighted by Crippen LogP contribution is -2.13. The molecule has 0 bridgehead atoms. The molecular weight excluding hydrogens is 323 g/mol. The minimum Gasteiger partial charge on any atom is -0.267 e. The van der Waals surface area contributed by atoms with E-state index >= 15 is 0 Å². The zero-order valence-electron chi connectivity index (χ0n) is 11.1. The second-order valence-corrected chi connectivity index (χ2v) is 5.43. The van der Waals surface area contributed by atoms with Crippen molar-refractivity contribution in [2.45, 2.75) is 0 Å². The molecule has 7 heteroatoms. The van der Waals surface area contributed by atoms with Gasteiger partial charge >= 0.3 is 0 Å². The van der Waals surface area contributed by atoms with Crippen LogP contribution in [0, 0.1) is 17.3 Å². The number of benzene rings is 2. The Morgan fingerprint density at radius 3 is 2.59 bits per heavy atom. The van der Waals surface area contributed by atoms with E-state index in [2.05, 4.69) is 9.37 Å². The number of rotatable bonds is 2. The number of nitrogens with zero attached hydrogens (tertiary/aromatic N) is 4. The highest BCUT2D eigenvalue weighted by atomic mass is 35.5. The number of nitriles is 1. The van der Waals surface area contributed by atoms with Crippen molar-refractivity contribution in [3.8, 4) is 23.3 Å². The van der Waals surface area contributed by atoms with Crippen molar-refractivity contribution in [1.29, 1.82) is 5.26 Å². The Morgan fingerprint density at radius 2 is 1.91 bits per heavy atom. The van der Waals surface area contributed by atoms with Gasteiger partial charge in [0, 0.05) is 17.1 Å². The Bertz CT molecular complexity index is 922. The highest BCUT2D eigenvalue weighted by Gasteiger charge is 2.14. The van der Waals surface area contributed by atoms with Crippen molar-refractivity contribution in [3.63, 3.8) is 0 Å². The second-order valence-electron chi connectivity index (χ2n) is 4.29. The van der Waals surface area contributed by atoms with Crippen LogP contribution in [0.1, 0.15) is 0 Å². The van der Waals surface area contributed by atoms with Crippen LogP contribution < -0.4 is 4.80 Å². The van der Waals surface area contributed by atoms with E-state index in [1.54, 1.807) is 29.0 Å².